The second kappa shape index (κ2) is 16.9. The molecular formula is C36H27N3O10S. The Kier molecular flexibility index (Phi) is 11.6. The first-order chi connectivity index (χ1) is 24.3. The molecule has 14 heteroatoms. The van der Waals surface area contributed by atoms with Gasteiger partial charge in [-0.15, -0.1) is 0 Å². The molecule has 5 rings (SSSR count). The summed E-state index contributed by atoms with van der Waals surface area (Å²) in [7, 11) is 0. The van der Waals surface area contributed by atoms with Crippen molar-refractivity contribution in [2.45, 2.75) is 0 Å². The number of anilines is 1. The van der Waals surface area contributed by atoms with E-state index >= 15 is 0 Å². The first-order valence-corrected chi connectivity index (χ1v) is 15.4. The standard InChI is InChI=1S/C36H27N3O10S/c1-3-32(40)46-21-44-26-13-9-23(10-14-26)34(42)48-28-17-18-30(25(19-28)20-37-39-36-38-29-7-5-6-8-31(29)50-36)49-35(43)24-11-15-27(16-12-24)45-22-47-33(41)4-2/h3-20H,1-2,21-22H2,(H,38,39)/b37-20+. The fourth-order valence-corrected chi connectivity index (χ4v) is 4.80. The lowest BCUT2D eigenvalue weighted by molar-refractivity contribution is -0.145. The van der Waals surface area contributed by atoms with Gasteiger partial charge in [0.1, 0.15) is 23.0 Å². The lowest BCUT2D eigenvalue weighted by Gasteiger charge is -2.11. The topological polar surface area (TPSA) is 161 Å². The molecule has 252 valence electrons. The third-order valence-electron chi connectivity index (χ3n) is 6.42. The molecule has 4 aromatic carbocycles. The Morgan fingerprint density at radius 2 is 1.28 bits per heavy atom. The Labute approximate surface area is 289 Å². The molecule has 0 spiro atoms. The molecule has 5 aromatic rings. The molecule has 1 aromatic heterocycles. The summed E-state index contributed by atoms with van der Waals surface area (Å²) in [6.07, 6.45) is 3.43. The lowest BCUT2D eigenvalue weighted by atomic mass is 10.2. The van der Waals surface area contributed by atoms with Crippen molar-refractivity contribution in [1.29, 1.82) is 0 Å². The number of hydrogen-bond donors (Lipinski definition) is 1. The molecule has 50 heavy (non-hydrogen) atoms. The molecule has 1 heterocycles. The van der Waals surface area contributed by atoms with E-state index in [-0.39, 0.29) is 36.2 Å². The van der Waals surface area contributed by atoms with Crippen molar-refractivity contribution in [1.82, 2.24) is 4.98 Å². The van der Waals surface area contributed by atoms with Crippen LogP contribution >= 0.6 is 11.3 Å². The van der Waals surface area contributed by atoms with E-state index in [0.717, 1.165) is 22.4 Å². The number of fused-ring (bicyclic) bond motifs is 1. The third-order valence-corrected chi connectivity index (χ3v) is 7.36. The summed E-state index contributed by atoms with van der Waals surface area (Å²) in [6.45, 7) is 5.97. The number of rotatable bonds is 15. The lowest BCUT2D eigenvalue weighted by Crippen LogP contribution is -2.12. The first kappa shape index (κ1) is 34.5. The van der Waals surface area contributed by atoms with Gasteiger partial charge in [0, 0.05) is 17.7 Å². The Bertz CT molecular complexity index is 2020. The van der Waals surface area contributed by atoms with Gasteiger partial charge in [0.25, 0.3) is 0 Å². The quantitative estimate of drug-likeness (QED) is 0.0325. The zero-order valence-electron chi connectivity index (χ0n) is 26.1. The van der Waals surface area contributed by atoms with Crippen molar-refractivity contribution in [3.8, 4) is 23.0 Å². The van der Waals surface area contributed by atoms with Crippen molar-refractivity contribution in [2.24, 2.45) is 5.10 Å². The van der Waals surface area contributed by atoms with E-state index in [1.165, 1.54) is 84.3 Å². The minimum Gasteiger partial charge on any atom is -0.457 e. The smallest absolute Gasteiger partial charge is 0.343 e. The van der Waals surface area contributed by atoms with Crippen molar-refractivity contribution in [2.75, 3.05) is 19.0 Å². The highest BCUT2D eigenvalue weighted by molar-refractivity contribution is 7.22. The molecule has 0 aliphatic rings. The molecule has 0 aliphatic carbocycles. The average Bonchev–Trinajstić information content (AvgIpc) is 3.56. The van der Waals surface area contributed by atoms with E-state index in [9.17, 15) is 19.2 Å². The van der Waals surface area contributed by atoms with Gasteiger partial charge in [-0.05, 0) is 78.9 Å². The number of esters is 4. The molecule has 0 amide bonds. The van der Waals surface area contributed by atoms with Gasteiger partial charge in [-0.25, -0.2) is 24.2 Å². The van der Waals surface area contributed by atoms with Crippen LogP contribution in [0.1, 0.15) is 26.3 Å². The number of para-hydroxylation sites is 1. The Balaban J connectivity index is 1.29. The predicted octanol–water partition coefficient (Wildman–Crippen LogP) is 6.31. The third kappa shape index (κ3) is 9.62. The molecule has 0 aliphatic heterocycles. The van der Waals surface area contributed by atoms with Crippen LogP contribution in [0.25, 0.3) is 10.2 Å². The van der Waals surface area contributed by atoms with Gasteiger partial charge in [-0.2, -0.15) is 5.10 Å². The van der Waals surface area contributed by atoms with E-state index in [4.69, 9.17) is 28.4 Å². The summed E-state index contributed by atoms with van der Waals surface area (Å²) in [5.41, 5.74) is 4.41. The van der Waals surface area contributed by atoms with Gasteiger partial charge in [0.2, 0.25) is 18.7 Å². The zero-order chi connectivity index (χ0) is 35.3. The molecule has 0 atom stereocenters. The molecule has 0 unspecified atom stereocenters. The van der Waals surface area contributed by atoms with Crippen molar-refractivity contribution >= 4 is 56.8 Å². The van der Waals surface area contributed by atoms with Crippen LogP contribution in [0.4, 0.5) is 5.13 Å². The van der Waals surface area contributed by atoms with Crippen LogP contribution in [0, 0.1) is 0 Å². The number of hydrazone groups is 1. The highest BCUT2D eigenvalue weighted by Gasteiger charge is 2.15. The number of hydrogen-bond acceptors (Lipinski definition) is 14. The van der Waals surface area contributed by atoms with Crippen molar-refractivity contribution in [3.05, 3.63) is 133 Å². The number of nitrogens with zero attached hydrogens (tertiary/aromatic N) is 2. The number of ether oxygens (including phenoxy) is 6. The minimum absolute atomic E-state index is 0.125. The molecule has 0 saturated carbocycles. The largest absolute Gasteiger partial charge is 0.457 e. The van der Waals surface area contributed by atoms with E-state index < -0.39 is 23.9 Å². The van der Waals surface area contributed by atoms with E-state index in [1.807, 2.05) is 24.3 Å². The number of carbonyl (C=O) groups is 4. The van der Waals surface area contributed by atoms with Crippen LogP contribution < -0.4 is 24.4 Å². The van der Waals surface area contributed by atoms with Gasteiger partial charge in [-0.1, -0.05) is 36.6 Å². The van der Waals surface area contributed by atoms with Gasteiger partial charge in [-0.3, -0.25) is 5.43 Å². The van der Waals surface area contributed by atoms with E-state index in [2.05, 4.69) is 28.7 Å². The highest BCUT2D eigenvalue weighted by atomic mass is 32.1. The predicted molar refractivity (Wildman–Crippen MR) is 184 cm³/mol. The molecule has 1 N–H and O–H groups in total. The second-order valence-corrected chi connectivity index (χ2v) is 10.8. The molecule has 13 nitrogen and oxygen atoms in total. The van der Waals surface area contributed by atoms with Crippen LogP contribution in [0.3, 0.4) is 0 Å². The Hall–Kier alpha value is -6.80. The summed E-state index contributed by atoms with van der Waals surface area (Å²) in [5, 5.41) is 4.81. The maximum absolute atomic E-state index is 13.1. The minimum atomic E-state index is -0.685. The SMILES string of the molecule is C=CC(=O)OCOc1ccc(C(=O)Oc2ccc(OC(=O)c3ccc(OCOC(=O)C=C)cc3)c(/C=N/Nc3nc4ccccc4s3)c2)cc1. The summed E-state index contributed by atoms with van der Waals surface area (Å²) >= 11 is 1.41. The van der Waals surface area contributed by atoms with Gasteiger partial charge in [0.15, 0.2) is 0 Å². The number of carbonyl (C=O) groups excluding carboxylic acids is 4. The molecule has 0 saturated heterocycles. The van der Waals surface area contributed by atoms with Crippen LogP contribution in [-0.4, -0.2) is 48.7 Å². The number of aromatic nitrogens is 1. The van der Waals surface area contributed by atoms with E-state index in [0.29, 0.717) is 22.2 Å². The van der Waals surface area contributed by atoms with Crippen LogP contribution in [0.5, 0.6) is 23.0 Å². The Morgan fingerprint density at radius 3 is 1.86 bits per heavy atom. The first-order valence-electron chi connectivity index (χ1n) is 14.6. The fourth-order valence-electron chi connectivity index (χ4n) is 3.99. The maximum atomic E-state index is 13.1. The van der Waals surface area contributed by atoms with Gasteiger partial charge < -0.3 is 28.4 Å². The fraction of sp³-hybridized carbons (Fsp3) is 0.0556. The Morgan fingerprint density at radius 1 is 0.720 bits per heavy atom. The average molecular weight is 694 g/mol. The normalized spacial score (nSPS) is 10.6. The van der Waals surface area contributed by atoms with Crippen molar-refractivity contribution in [3.63, 3.8) is 0 Å². The van der Waals surface area contributed by atoms with Crippen molar-refractivity contribution < 1.29 is 47.6 Å². The van der Waals surface area contributed by atoms with Crippen LogP contribution in [-0.2, 0) is 19.1 Å². The number of thiazole rings is 1. The molecule has 0 bridgehead atoms. The van der Waals surface area contributed by atoms with Crippen LogP contribution in [0.2, 0.25) is 0 Å². The maximum Gasteiger partial charge on any atom is 0.343 e. The zero-order valence-corrected chi connectivity index (χ0v) is 26.9. The molecular weight excluding hydrogens is 666 g/mol. The summed E-state index contributed by atoms with van der Waals surface area (Å²) in [6, 6.07) is 24.0. The summed E-state index contributed by atoms with van der Waals surface area (Å²) in [4.78, 5) is 52.8. The second-order valence-electron chi connectivity index (χ2n) is 9.74. The molecule has 0 fully saturated rings. The number of nitrogens with one attached hydrogen (secondary N) is 1. The van der Waals surface area contributed by atoms with E-state index in [1.54, 1.807) is 0 Å². The summed E-state index contributed by atoms with van der Waals surface area (Å²) in [5.74, 6) is -1.63. The summed E-state index contributed by atoms with van der Waals surface area (Å²) < 4.78 is 32.4. The number of benzene rings is 4. The molecule has 0 radical (unpaired) electrons. The van der Waals surface area contributed by atoms with Gasteiger partial charge in [0.05, 0.1) is 27.6 Å². The monoisotopic (exact) mass is 693 g/mol. The van der Waals surface area contributed by atoms with Crippen LogP contribution in [0.15, 0.2) is 121 Å². The highest BCUT2D eigenvalue weighted by Crippen LogP contribution is 2.27. The van der Waals surface area contributed by atoms with Gasteiger partial charge >= 0.3 is 23.9 Å².